The molecule has 8 bridgehead atoms. The van der Waals surface area contributed by atoms with Crippen LogP contribution in [0.2, 0.25) is 0 Å². The Morgan fingerprint density at radius 3 is 1.08 bits per heavy atom. The summed E-state index contributed by atoms with van der Waals surface area (Å²) in [6.45, 7) is 27.0. The van der Waals surface area contributed by atoms with Crippen molar-refractivity contribution in [3.63, 3.8) is 0 Å². The molecule has 0 unspecified atom stereocenters. The van der Waals surface area contributed by atoms with Crippen molar-refractivity contribution in [1.29, 1.82) is 10.5 Å². The zero-order valence-electron chi connectivity index (χ0n) is 37.2. The van der Waals surface area contributed by atoms with Gasteiger partial charge in [0.15, 0.2) is 0 Å². The third kappa shape index (κ3) is 8.34. The lowest BCUT2D eigenvalue weighted by Crippen LogP contribution is -2.16. The predicted octanol–water partition coefficient (Wildman–Crippen LogP) is 14.3. The summed E-state index contributed by atoms with van der Waals surface area (Å²) in [6.07, 6.45) is 14.9. The lowest BCUT2D eigenvalue weighted by molar-refractivity contribution is 0.568. The number of benzene rings is 2. The number of allylic oxidation sites excluding steroid dienone is 2. The highest BCUT2D eigenvalue weighted by Crippen LogP contribution is 2.40. The van der Waals surface area contributed by atoms with Gasteiger partial charge in [-0.25, -0.2) is 9.97 Å². The molecule has 2 aromatic carbocycles. The molecule has 0 radical (unpaired) electrons. The van der Waals surface area contributed by atoms with Crippen LogP contribution in [0.25, 0.3) is 80.8 Å². The maximum absolute atomic E-state index is 9.79. The first-order chi connectivity index (χ1) is 28.1. The van der Waals surface area contributed by atoms with Gasteiger partial charge in [0.05, 0.1) is 34.9 Å². The van der Waals surface area contributed by atoms with Crippen LogP contribution >= 0.6 is 0 Å². The Hall–Kier alpha value is -6.50. The monoisotopic (exact) mass is 788 g/mol. The van der Waals surface area contributed by atoms with Gasteiger partial charge in [-0.3, -0.25) is 0 Å². The number of nitriles is 2. The second kappa shape index (κ2) is 15.3. The van der Waals surface area contributed by atoms with Crippen LogP contribution in [0.15, 0.2) is 72.8 Å². The number of aromatic nitrogens is 4. The first-order valence-corrected chi connectivity index (χ1v) is 20.8. The smallest absolute Gasteiger partial charge is 0.0912 e. The Morgan fingerprint density at radius 2 is 0.750 bits per heavy atom. The summed E-state index contributed by atoms with van der Waals surface area (Å²) in [6, 6.07) is 26.6. The Labute approximate surface area is 355 Å². The largest absolute Gasteiger partial charge is 0.354 e. The van der Waals surface area contributed by atoms with E-state index in [1.165, 1.54) is 34.4 Å². The van der Waals surface area contributed by atoms with E-state index in [0.717, 1.165) is 78.2 Å². The fourth-order valence-electron chi connectivity index (χ4n) is 7.73. The van der Waals surface area contributed by atoms with Gasteiger partial charge in [-0.2, -0.15) is 10.5 Å². The summed E-state index contributed by atoms with van der Waals surface area (Å²) >= 11 is 0. The summed E-state index contributed by atoms with van der Waals surface area (Å²) in [5.74, 6) is 0. The van der Waals surface area contributed by atoms with Crippen molar-refractivity contribution in [2.24, 2.45) is 0 Å². The number of nitrogens with zero attached hydrogens (tertiary/aromatic N) is 4. The Balaban J connectivity index is 1.69. The molecular formula is C54H56N6. The van der Waals surface area contributed by atoms with E-state index in [1.807, 2.05) is 24.3 Å². The van der Waals surface area contributed by atoms with Crippen molar-refractivity contribution >= 4 is 58.5 Å². The molecule has 2 aliphatic heterocycles. The Morgan fingerprint density at radius 1 is 0.433 bits per heavy atom. The summed E-state index contributed by atoms with van der Waals surface area (Å²) in [4.78, 5) is 18.2. The van der Waals surface area contributed by atoms with Crippen LogP contribution < -0.4 is 0 Å². The second-order valence-corrected chi connectivity index (χ2v) is 20.1. The minimum absolute atomic E-state index is 0.0939. The molecule has 0 atom stereocenters. The van der Waals surface area contributed by atoms with E-state index in [1.54, 1.807) is 0 Å². The van der Waals surface area contributed by atoms with Crippen LogP contribution in [0.5, 0.6) is 0 Å². The number of hydrogen-bond acceptors (Lipinski definition) is 4. The highest BCUT2D eigenvalue weighted by Gasteiger charge is 2.25. The molecule has 0 fully saturated rings. The van der Waals surface area contributed by atoms with Gasteiger partial charge in [0.2, 0.25) is 0 Å². The van der Waals surface area contributed by atoms with Crippen LogP contribution in [0.1, 0.15) is 139 Å². The van der Waals surface area contributed by atoms with Gasteiger partial charge >= 0.3 is 0 Å². The fourth-order valence-corrected chi connectivity index (χ4v) is 7.73. The number of hydrogen-bond donors (Lipinski definition) is 2. The highest BCUT2D eigenvalue weighted by atomic mass is 14.8. The molecule has 2 aliphatic rings. The molecule has 6 heteroatoms. The molecule has 0 saturated heterocycles. The lowest BCUT2D eigenvalue weighted by Gasteiger charge is -2.26. The zero-order chi connectivity index (χ0) is 43.4. The van der Waals surface area contributed by atoms with Gasteiger partial charge in [0.25, 0.3) is 0 Å². The molecular weight excluding hydrogens is 733 g/mol. The Kier molecular flexibility index (Phi) is 10.6. The summed E-state index contributed by atoms with van der Waals surface area (Å²) in [5.41, 5.74) is 16.7. The molecule has 6 nitrogen and oxygen atoms in total. The van der Waals surface area contributed by atoms with E-state index in [4.69, 9.17) is 9.97 Å². The van der Waals surface area contributed by atoms with E-state index in [0.29, 0.717) is 0 Å². The van der Waals surface area contributed by atoms with E-state index in [2.05, 4.69) is 178 Å². The van der Waals surface area contributed by atoms with Crippen LogP contribution in [-0.2, 0) is 21.7 Å². The Bertz CT molecular complexity index is 2730. The number of nitrogens with one attached hydrogen (secondary N) is 2. The molecule has 5 aromatic rings. The lowest BCUT2D eigenvalue weighted by atomic mass is 9.78. The molecule has 0 saturated carbocycles. The molecule has 5 heterocycles. The molecule has 7 rings (SSSR count). The molecule has 0 aliphatic carbocycles. The third-order valence-electron chi connectivity index (χ3n) is 11.4. The second-order valence-electron chi connectivity index (χ2n) is 20.1. The standard InChI is InChI=1S/C54H56N6/c1-51(2,3)35-27-33(28-36(31-35)52(4,5)6)49-45-21-17-41(57-45)39(15-13-25-55)43-19-23-47(59-43)50(34-29-37(53(7,8)9)32-38(30-34)54(10,11)12)48-24-20-44(60-48)40(16-14-26-56)42-18-22-46(49)58-42/h13-24,27-32,57-58H,1-12H3/b15-13+,16-14+,41-39?,42-40?,43-39?,44-40?,49-45?,49-46?,50-47?,50-48?. The quantitative estimate of drug-likeness (QED) is 0.173. The third-order valence-corrected chi connectivity index (χ3v) is 11.4. The number of rotatable bonds is 4. The van der Waals surface area contributed by atoms with Crippen molar-refractivity contribution in [3.05, 3.63) is 129 Å². The van der Waals surface area contributed by atoms with Gasteiger partial charge < -0.3 is 9.97 Å². The SMILES string of the molecule is CC(C)(C)c1cc(-c2c3nc(c(/C=C/C#N)c4ccc([nH]4)c(-c4cc(C(C)(C)C)cc(C(C)(C)C)c4)c4ccc([nH]4)c(/C=C/C#N)c4nc2C=C4)C=C3)cc(C(C)(C)C)c1. The van der Waals surface area contributed by atoms with Crippen molar-refractivity contribution in [2.75, 3.05) is 0 Å². The summed E-state index contributed by atoms with van der Waals surface area (Å²) < 4.78 is 0. The average molecular weight is 789 g/mol. The average Bonchev–Trinajstić information content (AvgIpc) is 4.00. The maximum atomic E-state index is 9.79. The van der Waals surface area contributed by atoms with E-state index in [9.17, 15) is 10.5 Å². The first kappa shape index (κ1) is 41.7. The summed E-state index contributed by atoms with van der Waals surface area (Å²) in [5, 5.41) is 19.6. The molecule has 3 aromatic heterocycles. The van der Waals surface area contributed by atoms with Gasteiger partial charge in [-0.1, -0.05) is 119 Å². The summed E-state index contributed by atoms with van der Waals surface area (Å²) in [7, 11) is 0. The molecule has 0 spiro atoms. The highest BCUT2D eigenvalue weighted by molar-refractivity contribution is 5.97. The number of H-pyrrole nitrogens is 2. The van der Waals surface area contributed by atoms with Crippen LogP contribution in [-0.4, -0.2) is 19.9 Å². The van der Waals surface area contributed by atoms with Gasteiger partial charge in [0.1, 0.15) is 0 Å². The molecule has 60 heavy (non-hydrogen) atoms. The number of aromatic amines is 2. The predicted molar refractivity (Wildman–Crippen MR) is 254 cm³/mol. The van der Waals surface area contributed by atoms with Crippen molar-refractivity contribution < 1.29 is 0 Å². The van der Waals surface area contributed by atoms with Crippen molar-refractivity contribution in [2.45, 2.75) is 105 Å². The molecule has 302 valence electrons. The zero-order valence-corrected chi connectivity index (χ0v) is 37.2. The van der Waals surface area contributed by atoms with Gasteiger partial charge in [-0.05, 0) is 116 Å². The van der Waals surface area contributed by atoms with Gasteiger partial charge in [0, 0.05) is 56.5 Å². The number of fused-ring (bicyclic) bond motifs is 8. The minimum atomic E-state index is -0.106. The maximum Gasteiger partial charge on any atom is 0.0912 e. The minimum Gasteiger partial charge on any atom is -0.354 e. The van der Waals surface area contributed by atoms with E-state index in [-0.39, 0.29) is 21.7 Å². The van der Waals surface area contributed by atoms with Crippen molar-refractivity contribution in [3.8, 4) is 34.4 Å². The topological polar surface area (TPSA) is 105 Å². The van der Waals surface area contributed by atoms with Crippen LogP contribution in [0.4, 0.5) is 0 Å². The van der Waals surface area contributed by atoms with Gasteiger partial charge in [-0.15, -0.1) is 0 Å². The molecule has 2 N–H and O–H groups in total. The van der Waals surface area contributed by atoms with Crippen LogP contribution in [0.3, 0.4) is 0 Å². The van der Waals surface area contributed by atoms with Crippen molar-refractivity contribution in [1.82, 2.24) is 19.9 Å². The van der Waals surface area contributed by atoms with E-state index >= 15 is 0 Å². The normalized spacial score (nSPS) is 13.4. The van der Waals surface area contributed by atoms with E-state index < -0.39 is 0 Å². The fraction of sp³-hybridized carbons (Fsp3) is 0.296. The molecule has 0 amide bonds. The van der Waals surface area contributed by atoms with Crippen LogP contribution in [0, 0.1) is 22.7 Å². The first-order valence-electron chi connectivity index (χ1n) is 20.8.